The maximum atomic E-state index is 11.2. The fraction of sp³-hybridized carbons (Fsp3) is 0.188. The van der Waals surface area contributed by atoms with Gasteiger partial charge in [0.2, 0.25) is 0 Å². The molecule has 110 valence electrons. The predicted molar refractivity (Wildman–Crippen MR) is 80.6 cm³/mol. The lowest BCUT2D eigenvalue weighted by Gasteiger charge is -2.10. The van der Waals surface area contributed by atoms with Crippen LogP contribution in [0.5, 0.6) is 11.5 Å². The molecule has 0 amide bonds. The standard InChI is InChI=1S/C16H15ClO4/c1-20-12-7-5-11(6-8-12)9-10-21-14-4-2-3-13(17)15(14)16(18)19/h2-8H,9-10H2,1H3,(H,18,19). The van der Waals surface area contributed by atoms with Crippen molar-refractivity contribution in [2.24, 2.45) is 0 Å². The third-order valence-corrected chi connectivity index (χ3v) is 3.31. The number of methoxy groups -OCH3 is 1. The maximum absolute atomic E-state index is 11.2. The van der Waals surface area contributed by atoms with Crippen molar-refractivity contribution >= 4 is 17.6 Å². The molecule has 1 N–H and O–H groups in total. The predicted octanol–water partition coefficient (Wildman–Crippen LogP) is 3.67. The second-order valence-corrected chi connectivity index (χ2v) is 4.77. The van der Waals surface area contributed by atoms with E-state index in [2.05, 4.69) is 0 Å². The van der Waals surface area contributed by atoms with E-state index in [1.807, 2.05) is 24.3 Å². The fourth-order valence-corrected chi connectivity index (χ4v) is 2.15. The molecule has 2 aromatic rings. The summed E-state index contributed by atoms with van der Waals surface area (Å²) in [6, 6.07) is 12.4. The van der Waals surface area contributed by atoms with Crippen molar-refractivity contribution in [2.45, 2.75) is 6.42 Å². The monoisotopic (exact) mass is 306 g/mol. The summed E-state index contributed by atoms with van der Waals surface area (Å²) >= 11 is 5.88. The zero-order valence-corrected chi connectivity index (χ0v) is 12.3. The molecule has 0 radical (unpaired) electrons. The minimum atomic E-state index is -1.10. The first-order chi connectivity index (χ1) is 10.1. The van der Waals surface area contributed by atoms with Crippen LogP contribution in [-0.4, -0.2) is 24.8 Å². The quantitative estimate of drug-likeness (QED) is 0.884. The van der Waals surface area contributed by atoms with Crippen molar-refractivity contribution in [1.29, 1.82) is 0 Å². The van der Waals surface area contributed by atoms with E-state index in [-0.39, 0.29) is 16.3 Å². The SMILES string of the molecule is COc1ccc(CCOc2cccc(Cl)c2C(=O)O)cc1. The van der Waals surface area contributed by atoms with Gasteiger partial charge in [0.15, 0.2) is 0 Å². The van der Waals surface area contributed by atoms with Gasteiger partial charge in [-0.25, -0.2) is 4.79 Å². The average Bonchev–Trinajstić information content (AvgIpc) is 2.47. The Morgan fingerprint density at radius 2 is 1.90 bits per heavy atom. The van der Waals surface area contributed by atoms with Gasteiger partial charge in [0.25, 0.3) is 0 Å². The van der Waals surface area contributed by atoms with Crippen LogP contribution in [0.4, 0.5) is 0 Å². The Hall–Kier alpha value is -2.20. The number of hydrogen-bond donors (Lipinski definition) is 1. The van der Waals surface area contributed by atoms with Gasteiger partial charge in [0, 0.05) is 6.42 Å². The molecular weight excluding hydrogens is 292 g/mol. The van der Waals surface area contributed by atoms with Gasteiger partial charge in [-0.15, -0.1) is 0 Å². The number of rotatable bonds is 6. The van der Waals surface area contributed by atoms with E-state index < -0.39 is 5.97 Å². The van der Waals surface area contributed by atoms with E-state index in [0.717, 1.165) is 11.3 Å². The zero-order valence-electron chi connectivity index (χ0n) is 11.5. The fourth-order valence-electron chi connectivity index (χ4n) is 1.90. The molecular formula is C16H15ClO4. The van der Waals surface area contributed by atoms with Gasteiger partial charge in [-0.3, -0.25) is 0 Å². The average molecular weight is 307 g/mol. The molecule has 0 atom stereocenters. The lowest BCUT2D eigenvalue weighted by Crippen LogP contribution is -2.07. The van der Waals surface area contributed by atoms with Crippen LogP contribution in [0.15, 0.2) is 42.5 Å². The molecule has 0 aromatic heterocycles. The summed E-state index contributed by atoms with van der Waals surface area (Å²) in [5.41, 5.74) is 1.07. The lowest BCUT2D eigenvalue weighted by atomic mass is 10.1. The van der Waals surface area contributed by atoms with E-state index in [1.54, 1.807) is 19.2 Å². The molecule has 0 aliphatic carbocycles. The summed E-state index contributed by atoms with van der Waals surface area (Å²) < 4.78 is 10.6. The minimum Gasteiger partial charge on any atom is -0.497 e. The highest BCUT2D eigenvalue weighted by Gasteiger charge is 2.15. The number of benzene rings is 2. The number of aromatic carboxylic acids is 1. The Balaban J connectivity index is 2.00. The number of halogens is 1. The van der Waals surface area contributed by atoms with Crippen molar-refractivity contribution in [3.8, 4) is 11.5 Å². The van der Waals surface area contributed by atoms with Gasteiger partial charge in [-0.05, 0) is 29.8 Å². The first kappa shape index (κ1) is 15.2. The van der Waals surface area contributed by atoms with Crippen molar-refractivity contribution < 1.29 is 19.4 Å². The Morgan fingerprint density at radius 1 is 1.19 bits per heavy atom. The zero-order chi connectivity index (χ0) is 15.2. The molecule has 0 aliphatic heterocycles. The molecule has 0 unspecified atom stereocenters. The van der Waals surface area contributed by atoms with E-state index in [1.165, 1.54) is 6.07 Å². The first-order valence-electron chi connectivity index (χ1n) is 6.39. The summed E-state index contributed by atoms with van der Waals surface area (Å²) in [5.74, 6) is -0.0220. The second-order valence-electron chi connectivity index (χ2n) is 4.36. The normalized spacial score (nSPS) is 10.2. The summed E-state index contributed by atoms with van der Waals surface area (Å²) in [5, 5.41) is 9.31. The number of carboxylic acids is 1. The molecule has 2 aromatic carbocycles. The van der Waals surface area contributed by atoms with Crippen LogP contribution in [0, 0.1) is 0 Å². The van der Waals surface area contributed by atoms with Crippen LogP contribution in [0.2, 0.25) is 5.02 Å². The molecule has 0 aliphatic rings. The van der Waals surface area contributed by atoms with Crippen LogP contribution in [-0.2, 0) is 6.42 Å². The van der Waals surface area contributed by atoms with Gasteiger partial charge in [-0.2, -0.15) is 0 Å². The molecule has 0 bridgehead atoms. The van der Waals surface area contributed by atoms with Crippen LogP contribution in [0.25, 0.3) is 0 Å². The van der Waals surface area contributed by atoms with Crippen LogP contribution in [0.1, 0.15) is 15.9 Å². The van der Waals surface area contributed by atoms with E-state index in [4.69, 9.17) is 26.2 Å². The largest absolute Gasteiger partial charge is 0.497 e. The number of carbonyl (C=O) groups is 1. The van der Waals surface area contributed by atoms with Gasteiger partial charge in [0.05, 0.1) is 18.7 Å². The molecule has 0 fully saturated rings. The minimum absolute atomic E-state index is 0.00565. The molecule has 21 heavy (non-hydrogen) atoms. The highest BCUT2D eigenvalue weighted by atomic mass is 35.5. The van der Waals surface area contributed by atoms with E-state index in [0.29, 0.717) is 13.0 Å². The Labute approximate surface area is 127 Å². The van der Waals surface area contributed by atoms with Gasteiger partial charge in [-0.1, -0.05) is 29.8 Å². The van der Waals surface area contributed by atoms with Gasteiger partial charge >= 0.3 is 5.97 Å². The molecule has 0 saturated heterocycles. The third kappa shape index (κ3) is 3.89. The number of hydrogen-bond acceptors (Lipinski definition) is 3. The van der Waals surface area contributed by atoms with Crippen LogP contribution >= 0.6 is 11.6 Å². The van der Waals surface area contributed by atoms with Gasteiger partial charge in [0.1, 0.15) is 17.1 Å². The summed E-state index contributed by atoms with van der Waals surface area (Å²) in [4.78, 5) is 11.2. The Kier molecular flexibility index (Phi) is 5.06. The third-order valence-electron chi connectivity index (χ3n) is 3.00. The van der Waals surface area contributed by atoms with Crippen molar-refractivity contribution in [1.82, 2.24) is 0 Å². The van der Waals surface area contributed by atoms with E-state index >= 15 is 0 Å². The topological polar surface area (TPSA) is 55.8 Å². The molecule has 0 heterocycles. The van der Waals surface area contributed by atoms with Gasteiger partial charge < -0.3 is 14.6 Å². The number of ether oxygens (including phenoxy) is 2. The highest BCUT2D eigenvalue weighted by Crippen LogP contribution is 2.26. The maximum Gasteiger partial charge on any atom is 0.341 e. The first-order valence-corrected chi connectivity index (χ1v) is 6.77. The molecule has 2 rings (SSSR count). The highest BCUT2D eigenvalue weighted by molar-refractivity contribution is 6.33. The molecule has 4 nitrogen and oxygen atoms in total. The van der Waals surface area contributed by atoms with Crippen molar-refractivity contribution in [3.05, 3.63) is 58.6 Å². The second kappa shape index (κ2) is 6.99. The molecule has 0 saturated carbocycles. The summed E-state index contributed by atoms with van der Waals surface area (Å²) in [7, 11) is 1.62. The lowest BCUT2D eigenvalue weighted by molar-refractivity contribution is 0.0692. The summed E-state index contributed by atoms with van der Waals surface area (Å²) in [6.45, 7) is 0.368. The van der Waals surface area contributed by atoms with Crippen molar-refractivity contribution in [3.63, 3.8) is 0 Å². The molecule has 0 spiro atoms. The smallest absolute Gasteiger partial charge is 0.341 e. The summed E-state index contributed by atoms with van der Waals surface area (Å²) in [6.07, 6.45) is 0.662. The van der Waals surface area contributed by atoms with Crippen molar-refractivity contribution in [2.75, 3.05) is 13.7 Å². The van der Waals surface area contributed by atoms with E-state index in [9.17, 15) is 4.79 Å². The Bertz CT molecular complexity index is 623. The number of carboxylic acid groups (broad SMARTS) is 1. The van der Waals surface area contributed by atoms with Crippen LogP contribution in [0.3, 0.4) is 0 Å². The Morgan fingerprint density at radius 3 is 2.52 bits per heavy atom. The molecule has 5 heteroatoms. The van der Waals surface area contributed by atoms with Crippen LogP contribution < -0.4 is 9.47 Å².